The molecule has 0 aliphatic carbocycles. The molecule has 0 saturated carbocycles. The molecule has 7 heterocycles. The Labute approximate surface area is 471 Å². The minimum absolute atomic E-state index is 0.00589. The summed E-state index contributed by atoms with van der Waals surface area (Å²) in [5.41, 5.74) is 14.2. The summed E-state index contributed by atoms with van der Waals surface area (Å²) in [6.45, 7) is 19.1. The highest BCUT2D eigenvalue weighted by molar-refractivity contribution is 7.15. The lowest BCUT2D eigenvalue weighted by molar-refractivity contribution is -0.128. The van der Waals surface area contributed by atoms with E-state index in [2.05, 4.69) is 71.0 Å². The number of anilines is 2. The molecule has 0 spiro atoms. The third-order valence-electron chi connectivity index (χ3n) is 15.6. The van der Waals surface area contributed by atoms with Gasteiger partial charge in [0.05, 0.1) is 30.0 Å². The number of benzene rings is 2. The Morgan fingerprint density at radius 3 is 2.35 bits per heavy atom. The molecule has 0 unspecified atom stereocenters. The molecular formula is C57H73ClN16O4S. The van der Waals surface area contributed by atoms with Gasteiger partial charge in [-0.1, -0.05) is 35.9 Å². The zero-order valence-corrected chi connectivity index (χ0v) is 48.3. The third-order valence-corrected chi connectivity index (χ3v) is 17.1. The van der Waals surface area contributed by atoms with Crippen molar-refractivity contribution in [3.8, 4) is 5.00 Å². The van der Waals surface area contributed by atoms with Crippen LogP contribution in [0.4, 0.5) is 11.5 Å². The molecule has 4 amide bonds. The van der Waals surface area contributed by atoms with E-state index in [1.807, 2.05) is 62.1 Å². The van der Waals surface area contributed by atoms with Crippen LogP contribution >= 0.6 is 22.9 Å². The smallest absolute Gasteiger partial charge is 0.277 e. The van der Waals surface area contributed by atoms with Crippen molar-refractivity contribution in [3.63, 3.8) is 0 Å². The van der Waals surface area contributed by atoms with Crippen LogP contribution in [0, 0.1) is 34.6 Å². The molecule has 4 N–H and O–H groups in total. The van der Waals surface area contributed by atoms with Gasteiger partial charge in [-0.25, -0.2) is 14.6 Å². The topological polar surface area (TPSA) is 221 Å². The number of amides is 4. The van der Waals surface area contributed by atoms with Crippen molar-refractivity contribution in [1.29, 1.82) is 0 Å². The number of aryl methyl sites for hydroxylation is 2. The second kappa shape index (κ2) is 25.0. The number of halogens is 1. The van der Waals surface area contributed by atoms with Crippen LogP contribution in [0.5, 0.6) is 0 Å². The maximum Gasteiger partial charge on any atom is 0.277 e. The number of hydrogen-bond acceptors (Lipinski definition) is 15. The number of hydrogen-bond donors (Lipinski definition) is 3. The first-order valence-electron chi connectivity index (χ1n) is 27.3. The fourth-order valence-electron chi connectivity index (χ4n) is 10.7. The number of fused-ring (bicyclic) bond motifs is 4. The highest BCUT2D eigenvalue weighted by atomic mass is 35.5. The zero-order chi connectivity index (χ0) is 56.1. The van der Waals surface area contributed by atoms with E-state index in [1.54, 1.807) is 47.2 Å². The number of carbonyl (C=O) groups excluding carboxylic acids is 4. The maximum absolute atomic E-state index is 13.9. The van der Waals surface area contributed by atoms with Gasteiger partial charge in [-0.2, -0.15) is 5.10 Å². The van der Waals surface area contributed by atoms with Crippen molar-refractivity contribution in [2.24, 2.45) is 4.99 Å². The van der Waals surface area contributed by atoms with Gasteiger partial charge in [-0.15, -0.1) is 21.5 Å². The number of piperazine rings is 1. The lowest BCUT2D eigenvalue weighted by Gasteiger charge is -2.35. The first kappa shape index (κ1) is 56.8. The van der Waals surface area contributed by atoms with Gasteiger partial charge < -0.3 is 40.9 Å². The van der Waals surface area contributed by atoms with Crippen molar-refractivity contribution in [3.05, 3.63) is 116 Å². The molecule has 79 heavy (non-hydrogen) atoms. The van der Waals surface area contributed by atoms with Crippen molar-refractivity contribution in [2.45, 2.75) is 85.2 Å². The Kier molecular flexibility index (Phi) is 18.0. The summed E-state index contributed by atoms with van der Waals surface area (Å²) in [4.78, 5) is 79.2. The Balaban J connectivity index is 0.692. The number of rotatable bonds is 19. The van der Waals surface area contributed by atoms with Crippen molar-refractivity contribution in [2.75, 3.05) is 104 Å². The lowest BCUT2D eigenvalue weighted by atomic mass is 9.98. The molecule has 20 nitrogen and oxygen atoms in total. The van der Waals surface area contributed by atoms with Gasteiger partial charge in [0.1, 0.15) is 29.0 Å². The molecule has 2 aromatic carbocycles. The number of piperidine rings is 1. The zero-order valence-electron chi connectivity index (χ0n) is 46.7. The number of nitrogens with zero attached hydrogens (tertiary/aromatic N) is 13. The average molecular weight is 1110 g/mol. The van der Waals surface area contributed by atoms with Gasteiger partial charge in [0.25, 0.3) is 5.91 Å². The van der Waals surface area contributed by atoms with E-state index in [9.17, 15) is 19.2 Å². The van der Waals surface area contributed by atoms with E-state index in [1.165, 1.54) is 11.2 Å². The summed E-state index contributed by atoms with van der Waals surface area (Å²) in [5, 5.41) is 22.0. The van der Waals surface area contributed by atoms with Gasteiger partial charge in [-0.05, 0) is 127 Å². The monoisotopic (exact) mass is 1110 g/mol. The summed E-state index contributed by atoms with van der Waals surface area (Å²) >= 11 is 7.97. The lowest BCUT2D eigenvalue weighted by Crippen LogP contribution is -2.47. The fourth-order valence-corrected chi connectivity index (χ4v) is 12.1. The van der Waals surface area contributed by atoms with E-state index in [0.29, 0.717) is 53.7 Å². The molecule has 3 aliphatic heterocycles. The van der Waals surface area contributed by atoms with Crippen molar-refractivity contribution < 1.29 is 19.2 Å². The number of carbonyl (C=O) groups is 4. The SMILES string of the molecule is Cc1sc2c(c1C)C(c1ccc(Cl)cc1)=N[C@@H](CC(=O)NCCCN1CCN(CCCN(C)C/C=C/C(=O)N3CCC[C@@H](n4nc(C(=O)Nc5ccc(CC(=O)N(C)C)c(C)c5C)c5c(N)ncnc54)C3)CC1)c1nnc(C)n1-2. The Hall–Kier alpha value is -6.91. The Bertz CT molecular complexity index is 3280. The Morgan fingerprint density at radius 1 is 0.886 bits per heavy atom. The molecule has 418 valence electrons. The van der Waals surface area contributed by atoms with E-state index < -0.39 is 11.9 Å². The second-order valence-electron chi connectivity index (χ2n) is 21.3. The third kappa shape index (κ3) is 12.9. The first-order valence-corrected chi connectivity index (χ1v) is 28.5. The number of aliphatic imine (C=N–C) groups is 1. The molecule has 6 aromatic rings. The molecule has 2 saturated heterocycles. The molecule has 4 aromatic heterocycles. The van der Waals surface area contributed by atoms with Gasteiger partial charge in [0, 0.05) is 99.2 Å². The highest BCUT2D eigenvalue weighted by Crippen LogP contribution is 2.40. The number of likely N-dealkylation sites (N-methyl/N-ethyl adjacent to an activating group) is 2. The predicted octanol–water partition coefficient (Wildman–Crippen LogP) is 6.28. The number of thiophene rings is 1. The van der Waals surface area contributed by atoms with Gasteiger partial charge >= 0.3 is 0 Å². The molecule has 0 bridgehead atoms. The van der Waals surface area contributed by atoms with Gasteiger partial charge in [-0.3, -0.25) is 28.7 Å². The van der Waals surface area contributed by atoms with Crippen LogP contribution in [-0.2, 0) is 20.8 Å². The van der Waals surface area contributed by atoms with Crippen LogP contribution in [0.3, 0.4) is 0 Å². The largest absolute Gasteiger partial charge is 0.383 e. The van der Waals surface area contributed by atoms with Crippen LogP contribution in [0.15, 0.2) is 59.9 Å². The number of nitrogen functional groups attached to an aromatic ring is 1. The Morgan fingerprint density at radius 2 is 1.62 bits per heavy atom. The van der Waals surface area contributed by atoms with E-state index in [4.69, 9.17) is 27.4 Å². The number of nitrogens with one attached hydrogen (secondary N) is 2. The van der Waals surface area contributed by atoms with E-state index >= 15 is 0 Å². The van der Waals surface area contributed by atoms with Gasteiger partial charge in [0.15, 0.2) is 17.2 Å². The summed E-state index contributed by atoms with van der Waals surface area (Å²) in [7, 11) is 5.54. The summed E-state index contributed by atoms with van der Waals surface area (Å²) in [5.74, 6) is 0.989. The molecule has 22 heteroatoms. The number of nitrogens with two attached hydrogens (primary N) is 1. The average Bonchev–Trinajstić information content (AvgIpc) is 4.31. The van der Waals surface area contributed by atoms with E-state index in [0.717, 1.165) is 121 Å². The first-order chi connectivity index (χ1) is 37.9. The molecular weight excluding hydrogens is 1040 g/mol. The molecule has 3 aliphatic rings. The van der Waals surface area contributed by atoms with Crippen molar-refractivity contribution in [1.82, 2.24) is 64.3 Å². The van der Waals surface area contributed by atoms with Crippen LogP contribution in [-0.4, -0.2) is 181 Å². The summed E-state index contributed by atoms with van der Waals surface area (Å²) in [6, 6.07) is 10.6. The summed E-state index contributed by atoms with van der Waals surface area (Å²) < 4.78 is 3.80. The molecule has 9 rings (SSSR count). The minimum atomic E-state index is -0.505. The van der Waals surface area contributed by atoms with Crippen LogP contribution in [0.25, 0.3) is 16.0 Å². The highest BCUT2D eigenvalue weighted by Gasteiger charge is 2.34. The molecule has 2 fully saturated rings. The normalized spacial score (nSPS) is 17.0. The number of likely N-dealkylation sites (tertiary alicyclic amines) is 1. The quantitative estimate of drug-likeness (QED) is 0.0602. The maximum atomic E-state index is 13.9. The van der Waals surface area contributed by atoms with Crippen LogP contribution in [0.2, 0.25) is 5.02 Å². The number of aromatic nitrogens is 7. The van der Waals surface area contributed by atoms with E-state index in [-0.39, 0.29) is 48.1 Å². The molecule has 0 radical (unpaired) electrons. The van der Waals surface area contributed by atoms with Gasteiger partial charge in [0.2, 0.25) is 17.7 Å². The second-order valence-corrected chi connectivity index (χ2v) is 22.9. The summed E-state index contributed by atoms with van der Waals surface area (Å²) in [6.07, 6.45) is 8.76. The van der Waals surface area contributed by atoms with Crippen LogP contribution in [0.1, 0.15) is 105 Å². The minimum Gasteiger partial charge on any atom is -0.383 e. The standard InChI is InChI=1S/C57H73ClN16O4S/c1-35-36(2)44(20-17-41(35)31-48(77)68(6)7)64-56(78)52-50-53(59)61-34-62-55(50)74(67-52)43-13-9-26-72(33-43)47(76)14-10-22-69(8)23-12-25-71-29-27-70(28-30-71)24-11-21-60-46(75)32-45-54-66-65-39(5)73(54)57-49(37(3)38(4)79-57)51(63-45)40-15-18-42(58)19-16-40/h10,14-20,34,43,45H,9,11-13,21-33H2,1-8H3,(H,60,75)(H,64,78)(H2,59,61,62)/b14-10+/t43-,45+/m1/s1. The van der Waals surface area contributed by atoms with Crippen LogP contribution < -0.4 is 16.4 Å². The molecule has 2 atom stereocenters. The fraction of sp³-hybridized carbons (Fsp3) is 0.474. The predicted molar refractivity (Wildman–Crippen MR) is 311 cm³/mol. The van der Waals surface area contributed by atoms with Crippen molar-refractivity contribution >= 4 is 74.8 Å².